The molecule has 142 valence electrons. The van der Waals surface area contributed by atoms with E-state index in [9.17, 15) is 18.0 Å². The Morgan fingerprint density at radius 3 is 2.65 bits per heavy atom. The van der Waals surface area contributed by atoms with Crippen molar-refractivity contribution >= 4 is 15.7 Å². The summed E-state index contributed by atoms with van der Waals surface area (Å²) in [6.07, 6.45) is 2.43. The van der Waals surface area contributed by atoms with Crippen LogP contribution >= 0.6 is 0 Å². The number of fused-ring (bicyclic) bond motifs is 1. The molecule has 2 atom stereocenters. The molecule has 0 unspecified atom stereocenters. The molecule has 0 radical (unpaired) electrons. The molecule has 1 aromatic heterocycles. The van der Waals surface area contributed by atoms with Gasteiger partial charge in [-0.05, 0) is 31.7 Å². The van der Waals surface area contributed by atoms with Gasteiger partial charge in [-0.1, -0.05) is 0 Å². The molecule has 0 N–H and O–H groups in total. The number of aryl methyl sites for hydroxylation is 1. The van der Waals surface area contributed by atoms with Crippen molar-refractivity contribution < 1.29 is 13.2 Å². The van der Waals surface area contributed by atoms with Crippen LogP contribution in [0.3, 0.4) is 0 Å². The quantitative estimate of drug-likeness (QED) is 0.684. The molecule has 4 rings (SSSR count). The highest BCUT2D eigenvalue weighted by Gasteiger charge is 2.48. The standard InChI is InChI=1S/C17H24N4O4S/c1-12-2-5-16(22)21(18-12)9-17(23)20-7-6-19(8-13-3-4-13)14-10-26(24,25)11-15(14)20/h2,5,13-15H,3-4,6-11H2,1H3/t14-,15+/m1/s1. The van der Waals surface area contributed by atoms with E-state index < -0.39 is 9.84 Å². The number of amides is 1. The monoisotopic (exact) mass is 380 g/mol. The summed E-state index contributed by atoms with van der Waals surface area (Å²) in [6, 6.07) is 2.56. The fourth-order valence-corrected chi connectivity index (χ4v) is 6.09. The van der Waals surface area contributed by atoms with Crippen LogP contribution in [-0.4, -0.2) is 77.1 Å². The maximum absolute atomic E-state index is 12.8. The van der Waals surface area contributed by atoms with Gasteiger partial charge in [-0.15, -0.1) is 0 Å². The first-order valence-electron chi connectivity index (χ1n) is 9.11. The molecule has 1 saturated carbocycles. The fourth-order valence-electron chi connectivity index (χ4n) is 4.08. The summed E-state index contributed by atoms with van der Waals surface area (Å²) in [6.45, 7) is 3.73. The third-order valence-corrected chi connectivity index (χ3v) is 7.28. The average molecular weight is 380 g/mol. The first-order chi connectivity index (χ1) is 12.3. The normalized spacial score (nSPS) is 28.1. The van der Waals surface area contributed by atoms with Crippen molar-refractivity contribution in [1.29, 1.82) is 0 Å². The maximum atomic E-state index is 12.8. The summed E-state index contributed by atoms with van der Waals surface area (Å²) in [5, 5.41) is 4.11. The Bertz CT molecular complexity index is 877. The maximum Gasteiger partial charge on any atom is 0.267 e. The number of nitrogens with zero attached hydrogens (tertiary/aromatic N) is 4. The minimum atomic E-state index is -3.15. The average Bonchev–Trinajstić information content (AvgIpc) is 3.31. The van der Waals surface area contributed by atoms with E-state index in [4.69, 9.17) is 0 Å². The first kappa shape index (κ1) is 17.7. The number of aromatic nitrogens is 2. The van der Waals surface area contributed by atoms with Crippen LogP contribution in [0.15, 0.2) is 16.9 Å². The highest BCUT2D eigenvalue weighted by atomic mass is 32.2. The zero-order chi connectivity index (χ0) is 18.5. The van der Waals surface area contributed by atoms with Crippen molar-refractivity contribution in [3.05, 3.63) is 28.2 Å². The predicted molar refractivity (Wildman–Crippen MR) is 95.5 cm³/mol. The van der Waals surface area contributed by atoms with Gasteiger partial charge in [0.25, 0.3) is 5.56 Å². The Labute approximate surface area is 152 Å². The van der Waals surface area contributed by atoms with Crippen LogP contribution in [0.2, 0.25) is 0 Å². The zero-order valence-electron chi connectivity index (χ0n) is 14.9. The molecule has 0 aromatic carbocycles. The molecule has 1 aromatic rings. The number of carbonyl (C=O) groups is 1. The molecule has 9 heteroatoms. The molecule has 3 aliphatic rings. The first-order valence-corrected chi connectivity index (χ1v) is 10.9. The van der Waals surface area contributed by atoms with Gasteiger partial charge in [0.1, 0.15) is 6.54 Å². The molecule has 2 saturated heterocycles. The minimum Gasteiger partial charge on any atom is -0.334 e. The number of hydrogen-bond acceptors (Lipinski definition) is 6. The molecule has 8 nitrogen and oxygen atoms in total. The van der Waals surface area contributed by atoms with Crippen LogP contribution in [0.1, 0.15) is 18.5 Å². The molecule has 0 spiro atoms. The van der Waals surface area contributed by atoms with Crippen molar-refractivity contribution in [3.8, 4) is 0 Å². The molecule has 0 bridgehead atoms. The second-order valence-electron chi connectivity index (χ2n) is 7.71. The van der Waals surface area contributed by atoms with Crippen LogP contribution in [0.25, 0.3) is 0 Å². The van der Waals surface area contributed by atoms with E-state index in [1.807, 2.05) is 0 Å². The van der Waals surface area contributed by atoms with E-state index in [0.717, 1.165) is 11.2 Å². The zero-order valence-corrected chi connectivity index (χ0v) is 15.7. The van der Waals surface area contributed by atoms with Crippen LogP contribution in [0.5, 0.6) is 0 Å². The second-order valence-corrected chi connectivity index (χ2v) is 9.86. The molecule has 2 aliphatic heterocycles. The predicted octanol–water partition coefficient (Wildman–Crippen LogP) is -0.728. The summed E-state index contributed by atoms with van der Waals surface area (Å²) in [4.78, 5) is 28.7. The van der Waals surface area contributed by atoms with Gasteiger partial charge in [0.15, 0.2) is 9.84 Å². The summed E-state index contributed by atoms with van der Waals surface area (Å²) >= 11 is 0. The summed E-state index contributed by atoms with van der Waals surface area (Å²) in [7, 11) is -3.15. The number of hydrogen-bond donors (Lipinski definition) is 0. The number of sulfone groups is 1. The Hall–Kier alpha value is -1.74. The lowest BCUT2D eigenvalue weighted by Gasteiger charge is -2.44. The molecule has 3 fully saturated rings. The lowest BCUT2D eigenvalue weighted by molar-refractivity contribution is -0.138. The third kappa shape index (κ3) is 3.55. The smallest absolute Gasteiger partial charge is 0.267 e. The van der Waals surface area contributed by atoms with E-state index in [1.165, 1.54) is 18.9 Å². The lowest BCUT2D eigenvalue weighted by atomic mass is 10.0. The van der Waals surface area contributed by atoms with Gasteiger partial charge in [-0.25, -0.2) is 13.1 Å². The molecule has 1 aliphatic carbocycles. The van der Waals surface area contributed by atoms with Gasteiger partial charge in [-0.3, -0.25) is 14.5 Å². The highest BCUT2D eigenvalue weighted by Crippen LogP contribution is 2.34. The third-order valence-electron chi connectivity index (χ3n) is 5.59. The van der Waals surface area contributed by atoms with Crippen LogP contribution in [-0.2, 0) is 21.2 Å². The Kier molecular flexibility index (Phi) is 4.38. The molecule has 1 amide bonds. The van der Waals surface area contributed by atoms with Crippen molar-refractivity contribution in [3.63, 3.8) is 0 Å². The highest BCUT2D eigenvalue weighted by molar-refractivity contribution is 7.91. The Morgan fingerprint density at radius 2 is 1.92 bits per heavy atom. The van der Waals surface area contributed by atoms with E-state index in [1.54, 1.807) is 17.9 Å². The number of rotatable bonds is 4. The van der Waals surface area contributed by atoms with Crippen molar-refractivity contribution in [2.24, 2.45) is 5.92 Å². The van der Waals surface area contributed by atoms with Gasteiger partial charge in [0.05, 0.1) is 23.2 Å². The lowest BCUT2D eigenvalue weighted by Crippen LogP contribution is -2.61. The van der Waals surface area contributed by atoms with Gasteiger partial charge >= 0.3 is 0 Å². The summed E-state index contributed by atoms with van der Waals surface area (Å²) < 4.78 is 25.6. The van der Waals surface area contributed by atoms with E-state index >= 15 is 0 Å². The topological polar surface area (TPSA) is 92.6 Å². The Morgan fingerprint density at radius 1 is 1.19 bits per heavy atom. The van der Waals surface area contributed by atoms with Crippen molar-refractivity contribution in [1.82, 2.24) is 19.6 Å². The van der Waals surface area contributed by atoms with Crippen molar-refractivity contribution in [2.75, 3.05) is 31.1 Å². The van der Waals surface area contributed by atoms with Crippen molar-refractivity contribution in [2.45, 2.75) is 38.4 Å². The van der Waals surface area contributed by atoms with E-state index in [0.29, 0.717) is 24.7 Å². The van der Waals surface area contributed by atoms with E-state index in [-0.39, 0.29) is 41.6 Å². The van der Waals surface area contributed by atoms with Crippen LogP contribution in [0.4, 0.5) is 0 Å². The SMILES string of the molecule is Cc1ccc(=O)n(CC(=O)N2CCN(CC3CC3)[C@@H]3CS(=O)(=O)C[C@@H]32)n1. The van der Waals surface area contributed by atoms with Crippen LogP contribution in [0, 0.1) is 12.8 Å². The van der Waals surface area contributed by atoms with Gasteiger partial charge in [-0.2, -0.15) is 5.10 Å². The molecule has 26 heavy (non-hydrogen) atoms. The van der Waals surface area contributed by atoms with E-state index in [2.05, 4.69) is 10.00 Å². The van der Waals surface area contributed by atoms with Gasteiger partial charge < -0.3 is 4.90 Å². The summed E-state index contributed by atoms with van der Waals surface area (Å²) in [5.41, 5.74) is 0.333. The Balaban J connectivity index is 1.53. The minimum absolute atomic E-state index is 0.0146. The fraction of sp³-hybridized carbons (Fsp3) is 0.706. The largest absolute Gasteiger partial charge is 0.334 e. The molecular formula is C17H24N4O4S. The van der Waals surface area contributed by atoms with Gasteiger partial charge in [0, 0.05) is 31.7 Å². The summed E-state index contributed by atoms with van der Waals surface area (Å²) in [5.74, 6) is 0.581. The molecule has 3 heterocycles. The number of piperazine rings is 1. The van der Waals surface area contributed by atoms with Crippen LogP contribution < -0.4 is 5.56 Å². The molecular weight excluding hydrogens is 356 g/mol. The van der Waals surface area contributed by atoms with Gasteiger partial charge in [0.2, 0.25) is 5.91 Å². The number of carbonyl (C=O) groups excluding carboxylic acids is 1. The second kappa shape index (κ2) is 6.45.